The maximum atomic E-state index is 12.6. The van der Waals surface area contributed by atoms with Gasteiger partial charge in [0.1, 0.15) is 0 Å². The predicted molar refractivity (Wildman–Crippen MR) is 82.2 cm³/mol. The number of piperidine rings is 1. The first kappa shape index (κ1) is 16.0. The Hall–Kier alpha value is -1.40. The number of carbonyl (C=O) groups excluding carboxylic acids is 1. The Balaban J connectivity index is 2.17. The molecule has 1 aromatic carbocycles. The van der Waals surface area contributed by atoms with Crippen LogP contribution in [0, 0.1) is 0 Å². The van der Waals surface area contributed by atoms with Gasteiger partial charge < -0.3 is 10.2 Å². The second-order valence-electron chi connectivity index (χ2n) is 5.39. The molecular weight excluding hydrogens is 288 g/mol. The molecule has 1 aromatic rings. The van der Waals surface area contributed by atoms with Gasteiger partial charge in [0.05, 0.1) is 4.90 Å². The SMILES string of the molecule is CCN(C(=O)c1ccc(S(C)(=O)=O)cc1)C1CCCNC1. The van der Waals surface area contributed by atoms with Crippen LogP contribution in [-0.4, -0.2) is 51.2 Å². The highest BCUT2D eigenvalue weighted by atomic mass is 32.2. The van der Waals surface area contributed by atoms with Crippen molar-refractivity contribution in [3.63, 3.8) is 0 Å². The van der Waals surface area contributed by atoms with Crippen molar-refractivity contribution in [1.29, 1.82) is 0 Å². The van der Waals surface area contributed by atoms with Crippen molar-refractivity contribution < 1.29 is 13.2 Å². The number of hydrogen-bond acceptors (Lipinski definition) is 4. The fraction of sp³-hybridized carbons (Fsp3) is 0.533. The number of likely N-dealkylation sites (N-methyl/N-ethyl adjacent to an activating group) is 1. The van der Waals surface area contributed by atoms with Crippen LogP contribution in [0.2, 0.25) is 0 Å². The molecule has 1 aliphatic heterocycles. The van der Waals surface area contributed by atoms with Crippen LogP contribution in [0.25, 0.3) is 0 Å². The van der Waals surface area contributed by atoms with E-state index >= 15 is 0 Å². The average Bonchev–Trinajstić information content (AvgIpc) is 2.48. The zero-order valence-corrected chi connectivity index (χ0v) is 13.3. The highest BCUT2D eigenvalue weighted by Crippen LogP contribution is 2.16. The molecule has 21 heavy (non-hydrogen) atoms. The molecule has 1 N–H and O–H groups in total. The summed E-state index contributed by atoms with van der Waals surface area (Å²) < 4.78 is 22.9. The molecule has 0 radical (unpaired) electrons. The molecule has 0 aromatic heterocycles. The minimum Gasteiger partial charge on any atom is -0.335 e. The summed E-state index contributed by atoms with van der Waals surface area (Å²) in [5, 5.41) is 3.31. The molecule has 6 heteroatoms. The fourth-order valence-electron chi connectivity index (χ4n) is 2.68. The predicted octanol–water partition coefficient (Wildman–Crippen LogP) is 1.30. The van der Waals surface area contributed by atoms with Crippen LogP contribution in [0.1, 0.15) is 30.1 Å². The Morgan fingerprint density at radius 3 is 2.48 bits per heavy atom. The Kier molecular flexibility index (Phi) is 5.00. The van der Waals surface area contributed by atoms with E-state index in [1.54, 1.807) is 12.1 Å². The lowest BCUT2D eigenvalue weighted by Gasteiger charge is -2.34. The molecule has 5 nitrogen and oxygen atoms in total. The maximum Gasteiger partial charge on any atom is 0.254 e. The molecule has 0 aliphatic carbocycles. The monoisotopic (exact) mass is 310 g/mol. The van der Waals surface area contributed by atoms with Gasteiger partial charge in [0.2, 0.25) is 0 Å². The van der Waals surface area contributed by atoms with E-state index in [-0.39, 0.29) is 16.8 Å². The third kappa shape index (κ3) is 3.83. The molecule has 0 saturated carbocycles. The van der Waals surface area contributed by atoms with Gasteiger partial charge in [0.25, 0.3) is 5.91 Å². The number of carbonyl (C=O) groups is 1. The maximum absolute atomic E-state index is 12.6. The second kappa shape index (κ2) is 6.58. The van der Waals surface area contributed by atoms with Crippen molar-refractivity contribution in [3.05, 3.63) is 29.8 Å². The van der Waals surface area contributed by atoms with Crippen LogP contribution in [0.5, 0.6) is 0 Å². The number of amides is 1. The topological polar surface area (TPSA) is 66.5 Å². The molecule has 1 heterocycles. The molecule has 1 fully saturated rings. The van der Waals surface area contributed by atoms with Crippen LogP contribution in [0.15, 0.2) is 29.2 Å². The molecule has 1 saturated heterocycles. The van der Waals surface area contributed by atoms with E-state index < -0.39 is 9.84 Å². The van der Waals surface area contributed by atoms with Crippen LogP contribution >= 0.6 is 0 Å². The molecule has 116 valence electrons. The lowest BCUT2D eigenvalue weighted by atomic mass is 10.0. The molecule has 1 unspecified atom stereocenters. The largest absolute Gasteiger partial charge is 0.335 e. The minimum atomic E-state index is -3.23. The van der Waals surface area contributed by atoms with E-state index in [0.29, 0.717) is 12.1 Å². The van der Waals surface area contributed by atoms with Gasteiger partial charge in [-0.05, 0) is 50.6 Å². The number of hydrogen-bond donors (Lipinski definition) is 1. The summed E-state index contributed by atoms with van der Waals surface area (Å²) in [7, 11) is -3.23. The first-order valence-electron chi connectivity index (χ1n) is 7.25. The summed E-state index contributed by atoms with van der Waals surface area (Å²) in [5.74, 6) is -0.0359. The minimum absolute atomic E-state index is 0.0359. The van der Waals surface area contributed by atoms with Crippen molar-refractivity contribution >= 4 is 15.7 Å². The van der Waals surface area contributed by atoms with E-state index in [1.165, 1.54) is 12.1 Å². The summed E-state index contributed by atoms with van der Waals surface area (Å²) in [5.41, 5.74) is 0.537. The number of nitrogens with zero attached hydrogens (tertiary/aromatic N) is 1. The van der Waals surface area contributed by atoms with E-state index in [0.717, 1.165) is 32.2 Å². The zero-order valence-electron chi connectivity index (χ0n) is 12.5. The molecule has 2 rings (SSSR count). The number of benzene rings is 1. The number of sulfone groups is 1. The average molecular weight is 310 g/mol. The quantitative estimate of drug-likeness (QED) is 0.910. The van der Waals surface area contributed by atoms with Crippen molar-refractivity contribution in [1.82, 2.24) is 10.2 Å². The van der Waals surface area contributed by atoms with Crippen LogP contribution in [0.3, 0.4) is 0 Å². The lowest BCUT2D eigenvalue weighted by molar-refractivity contribution is 0.0662. The summed E-state index contributed by atoms with van der Waals surface area (Å²) in [6.45, 7) is 4.45. The standard InChI is InChI=1S/C15H22N2O3S/c1-3-17(13-5-4-10-16-11-13)15(18)12-6-8-14(9-7-12)21(2,19)20/h6-9,13,16H,3-5,10-11H2,1-2H3. The second-order valence-corrected chi connectivity index (χ2v) is 7.40. The van der Waals surface area contributed by atoms with Gasteiger partial charge in [0, 0.05) is 31.0 Å². The van der Waals surface area contributed by atoms with E-state index in [2.05, 4.69) is 5.32 Å². The van der Waals surface area contributed by atoms with Gasteiger partial charge >= 0.3 is 0 Å². The van der Waals surface area contributed by atoms with Crippen molar-refractivity contribution in [2.24, 2.45) is 0 Å². The Morgan fingerprint density at radius 1 is 1.33 bits per heavy atom. The van der Waals surface area contributed by atoms with Crippen LogP contribution in [-0.2, 0) is 9.84 Å². The number of nitrogens with one attached hydrogen (secondary N) is 1. The van der Waals surface area contributed by atoms with Crippen LogP contribution in [0.4, 0.5) is 0 Å². The normalized spacial score (nSPS) is 19.2. The van der Waals surface area contributed by atoms with Gasteiger partial charge in [-0.1, -0.05) is 0 Å². The molecule has 1 aliphatic rings. The molecular formula is C15H22N2O3S. The smallest absolute Gasteiger partial charge is 0.254 e. The molecule has 0 bridgehead atoms. The summed E-state index contributed by atoms with van der Waals surface area (Å²) in [6, 6.07) is 6.39. The summed E-state index contributed by atoms with van der Waals surface area (Å²) >= 11 is 0. The lowest BCUT2D eigenvalue weighted by Crippen LogP contribution is -2.48. The molecule has 1 atom stereocenters. The van der Waals surface area contributed by atoms with Crippen molar-refractivity contribution in [2.75, 3.05) is 25.9 Å². The van der Waals surface area contributed by atoms with E-state index in [9.17, 15) is 13.2 Å². The van der Waals surface area contributed by atoms with Gasteiger partial charge in [-0.15, -0.1) is 0 Å². The number of rotatable bonds is 4. The summed E-state index contributed by atoms with van der Waals surface area (Å²) in [6.07, 6.45) is 3.24. The third-order valence-corrected chi connectivity index (χ3v) is 4.97. The Labute approximate surface area is 126 Å². The highest BCUT2D eigenvalue weighted by Gasteiger charge is 2.25. The first-order chi connectivity index (χ1) is 9.93. The zero-order chi connectivity index (χ0) is 15.5. The Morgan fingerprint density at radius 2 is 2.00 bits per heavy atom. The molecule has 0 spiro atoms. The van der Waals surface area contributed by atoms with Crippen LogP contribution < -0.4 is 5.32 Å². The van der Waals surface area contributed by atoms with Gasteiger partial charge in [-0.2, -0.15) is 0 Å². The van der Waals surface area contributed by atoms with Gasteiger partial charge in [-0.3, -0.25) is 4.79 Å². The van der Waals surface area contributed by atoms with E-state index in [4.69, 9.17) is 0 Å². The Bertz CT molecular complexity index is 590. The van der Waals surface area contributed by atoms with Gasteiger partial charge in [-0.25, -0.2) is 8.42 Å². The molecule has 1 amide bonds. The highest BCUT2D eigenvalue weighted by molar-refractivity contribution is 7.90. The van der Waals surface area contributed by atoms with Crippen molar-refractivity contribution in [3.8, 4) is 0 Å². The van der Waals surface area contributed by atoms with Gasteiger partial charge in [0.15, 0.2) is 9.84 Å². The first-order valence-corrected chi connectivity index (χ1v) is 9.14. The van der Waals surface area contributed by atoms with E-state index in [1.807, 2.05) is 11.8 Å². The summed E-state index contributed by atoms with van der Waals surface area (Å²) in [4.78, 5) is 14.7. The van der Waals surface area contributed by atoms with Crippen molar-refractivity contribution in [2.45, 2.75) is 30.7 Å². The third-order valence-electron chi connectivity index (χ3n) is 3.84. The fourth-order valence-corrected chi connectivity index (χ4v) is 3.31.